The molecule has 0 heterocycles. The van der Waals surface area contributed by atoms with Gasteiger partial charge in [0, 0.05) is 17.5 Å². The number of halogens is 1. The molecule has 4 heteroatoms. The Morgan fingerprint density at radius 2 is 1.89 bits per heavy atom. The standard InChI is InChI=1S/C14H21ClN2O/c1-3-10(9-16)14(18)17-13(4-2)11-5-7-12(15)8-6-11/h5-8,10,13H,3-4,9,16H2,1-2H3,(H,17,18). The van der Waals surface area contributed by atoms with Crippen molar-refractivity contribution < 1.29 is 4.79 Å². The van der Waals surface area contributed by atoms with Crippen LogP contribution in [0.4, 0.5) is 0 Å². The zero-order valence-electron chi connectivity index (χ0n) is 10.9. The van der Waals surface area contributed by atoms with Crippen LogP contribution in [0.15, 0.2) is 24.3 Å². The minimum atomic E-state index is -0.105. The summed E-state index contributed by atoms with van der Waals surface area (Å²) < 4.78 is 0. The van der Waals surface area contributed by atoms with Crippen LogP contribution in [0, 0.1) is 5.92 Å². The molecular weight excluding hydrogens is 248 g/mol. The van der Waals surface area contributed by atoms with E-state index in [9.17, 15) is 4.79 Å². The predicted octanol–water partition coefficient (Wildman–Crippen LogP) is 2.89. The van der Waals surface area contributed by atoms with Crippen molar-refractivity contribution in [3.63, 3.8) is 0 Å². The van der Waals surface area contributed by atoms with E-state index >= 15 is 0 Å². The first-order valence-electron chi connectivity index (χ1n) is 6.38. The Kier molecular flexibility index (Phi) is 6.16. The second-order valence-corrected chi connectivity index (χ2v) is 4.80. The lowest BCUT2D eigenvalue weighted by atomic mass is 10.0. The van der Waals surface area contributed by atoms with Gasteiger partial charge in [0.25, 0.3) is 0 Å². The summed E-state index contributed by atoms with van der Waals surface area (Å²) >= 11 is 5.86. The van der Waals surface area contributed by atoms with Gasteiger partial charge in [-0.3, -0.25) is 4.79 Å². The van der Waals surface area contributed by atoms with Crippen molar-refractivity contribution in [3.8, 4) is 0 Å². The molecule has 100 valence electrons. The van der Waals surface area contributed by atoms with Gasteiger partial charge in [-0.2, -0.15) is 0 Å². The van der Waals surface area contributed by atoms with Gasteiger partial charge >= 0.3 is 0 Å². The number of carbonyl (C=O) groups is 1. The molecule has 0 spiro atoms. The Labute approximate surface area is 114 Å². The largest absolute Gasteiger partial charge is 0.349 e. The lowest BCUT2D eigenvalue weighted by Gasteiger charge is -2.20. The molecule has 0 radical (unpaired) electrons. The van der Waals surface area contributed by atoms with E-state index in [0.29, 0.717) is 11.6 Å². The van der Waals surface area contributed by atoms with Gasteiger partial charge < -0.3 is 11.1 Å². The molecule has 1 amide bonds. The van der Waals surface area contributed by atoms with E-state index in [4.69, 9.17) is 17.3 Å². The summed E-state index contributed by atoms with van der Waals surface area (Å²) in [5.74, 6) is -0.0758. The van der Waals surface area contributed by atoms with Crippen molar-refractivity contribution >= 4 is 17.5 Å². The molecule has 0 bridgehead atoms. The van der Waals surface area contributed by atoms with E-state index in [2.05, 4.69) is 5.32 Å². The van der Waals surface area contributed by atoms with Gasteiger partial charge in [-0.25, -0.2) is 0 Å². The van der Waals surface area contributed by atoms with E-state index in [1.807, 2.05) is 38.1 Å². The first-order chi connectivity index (χ1) is 8.62. The van der Waals surface area contributed by atoms with Crippen molar-refractivity contribution in [2.24, 2.45) is 11.7 Å². The van der Waals surface area contributed by atoms with Gasteiger partial charge in [0.1, 0.15) is 0 Å². The maximum atomic E-state index is 12.0. The van der Waals surface area contributed by atoms with Crippen LogP contribution in [-0.4, -0.2) is 12.5 Å². The highest BCUT2D eigenvalue weighted by atomic mass is 35.5. The molecule has 0 saturated heterocycles. The number of rotatable bonds is 6. The molecular formula is C14H21ClN2O. The lowest BCUT2D eigenvalue weighted by molar-refractivity contribution is -0.125. The Balaban J connectivity index is 2.73. The molecule has 0 aliphatic rings. The zero-order chi connectivity index (χ0) is 13.5. The summed E-state index contributed by atoms with van der Waals surface area (Å²) in [4.78, 5) is 12.0. The van der Waals surface area contributed by atoms with Crippen LogP contribution in [0.3, 0.4) is 0 Å². The zero-order valence-corrected chi connectivity index (χ0v) is 11.7. The molecule has 1 aromatic rings. The molecule has 3 N–H and O–H groups in total. The molecule has 3 nitrogen and oxygen atoms in total. The highest BCUT2D eigenvalue weighted by Crippen LogP contribution is 2.19. The lowest BCUT2D eigenvalue weighted by Crippen LogP contribution is -2.36. The molecule has 2 unspecified atom stereocenters. The maximum absolute atomic E-state index is 12.0. The average molecular weight is 269 g/mol. The second kappa shape index (κ2) is 7.39. The number of nitrogens with two attached hydrogens (primary N) is 1. The fourth-order valence-corrected chi connectivity index (χ4v) is 1.99. The Morgan fingerprint density at radius 3 is 2.33 bits per heavy atom. The van der Waals surface area contributed by atoms with Gasteiger partial charge in [-0.05, 0) is 30.5 Å². The van der Waals surface area contributed by atoms with Crippen LogP contribution in [0.2, 0.25) is 5.02 Å². The van der Waals surface area contributed by atoms with Crippen molar-refractivity contribution in [2.45, 2.75) is 32.7 Å². The molecule has 1 rings (SSSR count). The van der Waals surface area contributed by atoms with E-state index < -0.39 is 0 Å². The van der Waals surface area contributed by atoms with Gasteiger partial charge in [0.05, 0.1) is 6.04 Å². The van der Waals surface area contributed by atoms with E-state index in [1.54, 1.807) is 0 Å². The monoisotopic (exact) mass is 268 g/mol. The summed E-state index contributed by atoms with van der Waals surface area (Å²) in [5, 5.41) is 3.74. The summed E-state index contributed by atoms with van der Waals surface area (Å²) in [6.07, 6.45) is 1.60. The molecule has 0 saturated carbocycles. The molecule has 0 aromatic heterocycles. The van der Waals surface area contributed by atoms with Crippen LogP contribution in [0.1, 0.15) is 38.3 Å². The van der Waals surface area contributed by atoms with Crippen molar-refractivity contribution in [3.05, 3.63) is 34.9 Å². The molecule has 0 aliphatic carbocycles. The van der Waals surface area contributed by atoms with Crippen molar-refractivity contribution in [2.75, 3.05) is 6.54 Å². The van der Waals surface area contributed by atoms with Crippen LogP contribution in [-0.2, 0) is 4.79 Å². The maximum Gasteiger partial charge on any atom is 0.224 e. The molecule has 1 aromatic carbocycles. The molecule has 0 aliphatic heterocycles. The molecule has 18 heavy (non-hydrogen) atoms. The number of hydrogen-bond donors (Lipinski definition) is 2. The van der Waals surface area contributed by atoms with Crippen LogP contribution < -0.4 is 11.1 Å². The summed E-state index contributed by atoms with van der Waals surface area (Å²) in [5.41, 5.74) is 6.65. The van der Waals surface area contributed by atoms with Gasteiger partial charge in [0.15, 0.2) is 0 Å². The number of carbonyl (C=O) groups excluding carboxylic acids is 1. The second-order valence-electron chi connectivity index (χ2n) is 4.36. The van der Waals surface area contributed by atoms with E-state index in [-0.39, 0.29) is 17.9 Å². The first-order valence-corrected chi connectivity index (χ1v) is 6.76. The quantitative estimate of drug-likeness (QED) is 0.834. The van der Waals surface area contributed by atoms with Crippen LogP contribution in [0.25, 0.3) is 0 Å². The Bertz CT molecular complexity index is 374. The number of hydrogen-bond acceptors (Lipinski definition) is 2. The minimum Gasteiger partial charge on any atom is -0.349 e. The van der Waals surface area contributed by atoms with Crippen LogP contribution in [0.5, 0.6) is 0 Å². The fraction of sp³-hybridized carbons (Fsp3) is 0.500. The highest BCUT2D eigenvalue weighted by Gasteiger charge is 2.18. The third-order valence-corrected chi connectivity index (χ3v) is 3.40. The summed E-state index contributed by atoms with van der Waals surface area (Å²) in [6.45, 7) is 4.41. The fourth-order valence-electron chi connectivity index (χ4n) is 1.86. The first kappa shape index (κ1) is 15.0. The van der Waals surface area contributed by atoms with Gasteiger partial charge in [0.2, 0.25) is 5.91 Å². The third-order valence-electron chi connectivity index (χ3n) is 3.15. The normalized spacial score (nSPS) is 14.0. The predicted molar refractivity (Wildman–Crippen MR) is 75.5 cm³/mol. The molecule has 2 atom stereocenters. The van der Waals surface area contributed by atoms with Crippen molar-refractivity contribution in [1.29, 1.82) is 0 Å². The average Bonchev–Trinajstić information content (AvgIpc) is 2.38. The van der Waals surface area contributed by atoms with Gasteiger partial charge in [-0.1, -0.05) is 37.6 Å². The smallest absolute Gasteiger partial charge is 0.224 e. The summed E-state index contributed by atoms with van der Waals surface area (Å²) in [6, 6.07) is 7.59. The van der Waals surface area contributed by atoms with Crippen LogP contribution >= 0.6 is 11.6 Å². The SMILES string of the molecule is CCC(CN)C(=O)NC(CC)c1ccc(Cl)cc1. The number of amides is 1. The highest BCUT2D eigenvalue weighted by molar-refractivity contribution is 6.30. The van der Waals surface area contributed by atoms with E-state index in [0.717, 1.165) is 18.4 Å². The third kappa shape index (κ3) is 4.00. The number of benzene rings is 1. The summed E-state index contributed by atoms with van der Waals surface area (Å²) in [7, 11) is 0. The van der Waals surface area contributed by atoms with E-state index in [1.165, 1.54) is 0 Å². The van der Waals surface area contributed by atoms with Crippen molar-refractivity contribution in [1.82, 2.24) is 5.32 Å². The Morgan fingerprint density at radius 1 is 1.28 bits per heavy atom. The van der Waals surface area contributed by atoms with Gasteiger partial charge in [-0.15, -0.1) is 0 Å². The topological polar surface area (TPSA) is 55.1 Å². The Hall–Kier alpha value is -1.06. The minimum absolute atomic E-state index is 0.0235. The molecule has 0 fully saturated rings. The number of nitrogens with one attached hydrogen (secondary N) is 1.